The van der Waals surface area contributed by atoms with E-state index >= 15 is 0 Å². The van der Waals surface area contributed by atoms with Crippen molar-refractivity contribution in [3.05, 3.63) is 28.2 Å². The molecular weight excluding hydrogens is 262 g/mol. The van der Waals surface area contributed by atoms with E-state index in [-0.39, 0.29) is 0 Å². The molecule has 1 aromatic rings. The van der Waals surface area contributed by atoms with Crippen LogP contribution in [0.25, 0.3) is 0 Å². The lowest BCUT2D eigenvalue weighted by Gasteiger charge is -2.19. The van der Waals surface area contributed by atoms with Crippen molar-refractivity contribution in [2.75, 3.05) is 5.32 Å². The zero-order valence-corrected chi connectivity index (χ0v) is 11.3. The molecule has 0 radical (unpaired) electrons. The molecule has 2 saturated carbocycles. The predicted octanol–water partition coefficient (Wildman–Crippen LogP) is 4.36. The molecule has 1 N–H and O–H groups in total. The molecule has 0 spiro atoms. The maximum atomic E-state index is 3.75. The number of nitrogens with one attached hydrogen (secondary N) is 1. The highest BCUT2D eigenvalue weighted by atomic mass is 79.9. The van der Waals surface area contributed by atoms with Gasteiger partial charge in [-0.25, -0.2) is 0 Å². The molecule has 0 heterocycles. The summed E-state index contributed by atoms with van der Waals surface area (Å²) in [7, 11) is 0. The van der Waals surface area contributed by atoms with Crippen LogP contribution in [-0.4, -0.2) is 6.04 Å². The number of rotatable bonds is 4. The normalized spacial score (nSPS) is 20.2. The average Bonchev–Trinajstić information content (AvgIpc) is 3.07. The molecule has 0 aliphatic heterocycles. The third kappa shape index (κ3) is 2.42. The molecule has 3 rings (SSSR count). The molecule has 2 aliphatic rings. The van der Waals surface area contributed by atoms with Gasteiger partial charge in [-0.1, -0.05) is 15.9 Å². The third-order valence-corrected chi connectivity index (χ3v) is 4.09. The Morgan fingerprint density at radius 2 is 1.75 bits per heavy atom. The van der Waals surface area contributed by atoms with Crippen molar-refractivity contribution in [2.45, 2.75) is 38.6 Å². The van der Waals surface area contributed by atoms with Crippen molar-refractivity contribution in [1.82, 2.24) is 0 Å². The van der Waals surface area contributed by atoms with Gasteiger partial charge in [-0.2, -0.15) is 0 Å². The Labute approximate surface area is 106 Å². The van der Waals surface area contributed by atoms with E-state index in [0.717, 1.165) is 17.9 Å². The molecule has 0 atom stereocenters. The zero-order valence-electron chi connectivity index (χ0n) is 9.67. The van der Waals surface area contributed by atoms with Crippen LogP contribution >= 0.6 is 15.9 Å². The second-order valence-corrected chi connectivity index (χ2v) is 6.28. The number of hydrogen-bond donors (Lipinski definition) is 1. The highest BCUT2D eigenvalue weighted by molar-refractivity contribution is 9.10. The van der Waals surface area contributed by atoms with E-state index in [2.05, 4.69) is 46.4 Å². The van der Waals surface area contributed by atoms with Crippen LogP contribution in [0.4, 0.5) is 5.69 Å². The van der Waals surface area contributed by atoms with Crippen LogP contribution in [0.1, 0.15) is 31.2 Å². The number of halogens is 1. The van der Waals surface area contributed by atoms with Gasteiger partial charge in [0.05, 0.1) is 0 Å². The Morgan fingerprint density at radius 3 is 2.25 bits per heavy atom. The molecule has 0 unspecified atom stereocenters. The van der Waals surface area contributed by atoms with Crippen LogP contribution in [0, 0.1) is 18.8 Å². The first-order valence-corrected chi connectivity index (χ1v) is 7.05. The van der Waals surface area contributed by atoms with Gasteiger partial charge in [-0.05, 0) is 68.2 Å². The minimum atomic E-state index is 0.744. The molecular formula is C14H18BrN. The van der Waals surface area contributed by atoms with Gasteiger partial charge in [0.15, 0.2) is 0 Å². The topological polar surface area (TPSA) is 12.0 Å². The maximum absolute atomic E-state index is 3.75. The smallest absolute Gasteiger partial charge is 0.0356 e. The molecule has 2 fully saturated rings. The summed E-state index contributed by atoms with van der Waals surface area (Å²) in [4.78, 5) is 0. The van der Waals surface area contributed by atoms with Gasteiger partial charge >= 0.3 is 0 Å². The van der Waals surface area contributed by atoms with E-state index in [0.29, 0.717) is 0 Å². The summed E-state index contributed by atoms with van der Waals surface area (Å²) < 4.78 is 1.18. The summed E-state index contributed by atoms with van der Waals surface area (Å²) in [5, 5.41) is 3.75. The molecule has 2 heteroatoms. The minimum Gasteiger partial charge on any atom is -0.382 e. The van der Waals surface area contributed by atoms with Gasteiger partial charge in [-0.15, -0.1) is 0 Å². The van der Waals surface area contributed by atoms with E-state index < -0.39 is 0 Å². The van der Waals surface area contributed by atoms with E-state index in [1.807, 2.05) is 0 Å². The van der Waals surface area contributed by atoms with E-state index in [9.17, 15) is 0 Å². The molecule has 2 aliphatic carbocycles. The number of aryl methyl sites for hydroxylation is 1. The molecule has 0 amide bonds. The van der Waals surface area contributed by atoms with E-state index in [4.69, 9.17) is 0 Å². The third-order valence-electron chi connectivity index (χ3n) is 3.64. The van der Waals surface area contributed by atoms with Crippen LogP contribution in [0.15, 0.2) is 22.7 Å². The predicted molar refractivity (Wildman–Crippen MR) is 71.7 cm³/mol. The summed E-state index contributed by atoms with van der Waals surface area (Å²) in [5.41, 5.74) is 2.61. The standard InChI is InChI=1S/C14H18BrN/c1-9-6-12(15)8-13(7-9)16-14(10-2-3-10)11-4-5-11/h6-8,10-11,14,16H,2-5H2,1H3. The first-order valence-electron chi connectivity index (χ1n) is 6.26. The Morgan fingerprint density at radius 1 is 1.12 bits per heavy atom. The molecule has 16 heavy (non-hydrogen) atoms. The summed E-state index contributed by atoms with van der Waals surface area (Å²) in [5.74, 6) is 1.90. The van der Waals surface area contributed by atoms with Gasteiger partial charge in [0.1, 0.15) is 0 Å². The first kappa shape index (κ1) is 10.6. The van der Waals surface area contributed by atoms with Crippen molar-refractivity contribution in [3.63, 3.8) is 0 Å². The highest BCUT2D eigenvalue weighted by Crippen LogP contribution is 2.46. The van der Waals surface area contributed by atoms with Gasteiger partial charge < -0.3 is 5.32 Å². The van der Waals surface area contributed by atoms with E-state index in [1.54, 1.807) is 0 Å². The van der Waals surface area contributed by atoms with Crippen LogP contribution < -0.4 is 5.32 Å². The van der Waals surface area contributed by atoms with Gasteiger partial charge in [0.25, 0.3) is 0 Å². The van der Waals surface area contributed by atoms with Crippen LogP contribution in [0.5, 0.6) is 0 Å². The van der Waals surface area contributed by atoms with Crippen molar-refractivity contribution >= 4 is 21.6 Å². The first-order chi connectivity index (χ1) is 7.72. The average molecular weight is 280 g/mol. The Hall–Kier alpha value is -0.500. The van der Waals surface area contributed by atoms with E-state index in [1.165, 1.54) is 41.4 Å². The van der Waals surface area contributed by atoms with Crippen LogP contribution in [0.2, 0.25) is 0 Å². The number of benzene rings is 1. The highest BCUT2D eigenvalue weighted by Gasteiger charge is 2.41. The van der Waals surface area contributed by atoms with Gasteiger partial charge in [-0.3, -0.25) is 0 Å². The Balaban J connectivity index is 1.75. The van der Waals surface area contributed by atoms with Crippen molar-refractivity contribution in [1.29, 1.82) is 0 Å². The summed E-state index contributed by atoms with van der Waals surface area (Å²) in [6, 6.07) is 7.36. The van der Waals surface area contributed by atoms with Crippen molar-refractivity contribution in [3.8, 4) is 0 Å². The zero-order chi connectivity index (χ0) is 11.1. The molecule has 1 aromatic carbocycles. The van der Waals surface area contributed by atoms with Crippen LogP contribution in [-0.2, 0) is 0 Å². The molecule has 86 valence electrons. The van der Waals surface area contributed by atoms with Crippen molar-refractivity contribution < 1.29 is 0 Å². The molecule has 0 bridgehead atoms. The lowest BCUT2D eigenvalue weighted by atomic mass is 10.1. The van der Waals surface area contributed by atoms with Crippen molar-refractivity contribution in [2.24, 2.45) is 11.8 Å². The summed E-state index contributed by atoms with van der Waals surface area (Å²) in [6.45, 7) is 2.15. The summed E-state index contributed by atoms with van der Waals surface area (Å²) in [6.07, 6.45) is 5.73. The lowest BCUT2D eigenvalue weighted by Crippen LogP contribution is -2.24. The fourth-order valence-electron chi connectivity index (χ4n) is 2.54. The largest absolute Gasteiger partial charge is 0.382 e. The fourth-order valence-corrected chi connectivity index (χ4v) is 3.15. The quantitative estimate of drug-likeness (QED) is 0.864. The molecule has 1 nitrogen and oxygen atoms in total. The fraction of sp³-hybridized carbons (Fsp3) is 0.571. The number of hydrogen-bond acceptors (Lipinski definition) is 1. The molecule has 0 aromatic heterocycles. The van der Waals surface area contributed by atoms with Crippen LogP contribution in [0.3, 0.4) is 0 Å². The minimum absolute atomic E-state index is 0.744. The molecule has 0 saturated heterocycles. The van der Waals surface area contributed by atoms with Gasteiger partial charge in [0.2, 0.25) is 0 Å². The Kier molecular flexibility index (Phi) is 2.70. The monoisotopic (exact) mass is 279 g/mol. The summed E-state index contributed by atoms with van der Waals surface area (Å²) >= 11 is 3.57. The maximum Gasteiger partial charge on any atom is 0.0356 e. The SMILES string of the molecule is Cc1cc(Br)cc(NC(C2CC2)C2CC2)c1. The number of anilines is 1. The lowest BCUT2D eigenvalue weighted by molar-refractivity contribution is 0.568. The second kappa shape index (κ2) is 4.06. The van der Waals surface area contributed by atoms with Gasteiger partial charge in [0, 0.05) is 16.2 Å². The Bertz CT molecular complexity index is 361. The second-order valence-electron chi connectivity index (χ2n) is 5.36.